The van der Waals surface area contributed by atoms with E-state index in [1.54, 1.807) is 0 Å². The normalized spacial score (nSPS) is 10.9. The quantitative estimate of drug-likeness (QED) is 0.445. The molecule has 0 amide bonds. The summed E-state index contributed by atoms with van der Waals surface area (Å²) in [7, 11) is 0. The third kappa shape index (κ3) is 4.68. The lowest BCUT2D eigenvalue weighted by Crippen LogP contribution is -1.99. The van der Waals surface area contributed by atoms with Gasteiger partial charge in [0.25, 0.3) is 0 Å². The number of aromatic nitrogens is 4. The Morgan fingerprint density at radius 1 is 1.33 bits per heavy atom. The van der Waals surface area contributed by atoms with Gasteiger partial charge in [0, 0.05) is 17.1 Å². The van der Waals surface area contributed by atoms with Crippen molar-refractivity contribution in [1.29, 1.82) is 0 Å². The zero-order valence-corrected chi connectivity index (χ0v) is 15.4. The highest BCUT2D eigenvalue weighted by atomic mass is 35.5. The van der Waals surface area contributed by atoms with Crippen LogP contribution in [0.15, 0.2) is 33.1 Å². The Labute approximate surface area is 153 Å². The van der Waals surface area contributed by atoms with Gasteiger partial charge in [-0.1, -0.05) is 65.3 Å². The van der Waals surface area contributed by atoms with Crippen LogP contribution in [0.5, 0.6) is 0 Å². The maximum atomic E-state index is 5.98. The monoisotopic (exact) mass is 381 g/mol. The van der Waals surface area contributed by atoms with Crippen molar-refractivity contribution >= 4 is 39.8 Å². The molecule has 0 saturated carbocycles. The van der Waals surface area contributed by atoms with E-state index in [1.807, 2.05) is 24.3 Å². The Morgan fingerprint density at radius 2 is 2.25 bits per heavy atom. The lowest BCUT2D eigenvalue weighted by atomic mass is 10.2. The molecule has 1 aromatic carbocycles. The third-order valence-electron chi connectivity index (χ3n) is 3.08. The van der Waals surface area contributed by atoms with Gasteiger partial charge >= 0.3 is 0 Å². The van der Waals surface area contributed by atoms with Crippen molar-refractivity contribution in [3.63, 3.8) is 0 Å². The van der Waals surface area contributed by atoms with Gasteiger partial charge in [0.2, 0.25) is 16.8 Å². The number of nitrogens with one attached hydrogen (secondary N) is 1. The Bertz CT molecular complexity index is 792. The summed E-state index contributed by atoms with van der Waals surface area (Å²) in [4.78, 5) is 4.39. The molecule has 0 atom stereocenters. The van der Waals surface area contributed by atoms with Crippen molar-refractivity contribution in [2.45, 2.75) is 29.9 Å². The van der Waals surface area contributed by atoms with Crippen LogP contribution in [0.25, 0.3) is 11.4 Å². The van der Waals surface area contributed by atoms with E-state index in [0.717, 1.165) is 34.4 Å². The SMILES string of the molecule is CCCCNc1nnc(SCc2nc(-c3cccc(Cl)c3)no2)s1. The average Bonchev–Trinajstić information content (AvgIpc) is 3.22. The summed E-state index contributed by atoms with van der Waals surface area (Å²) in [5, 5.41) is 17.0. The van der Waals surface area contributed by atoms with Crippen LogP contribution in [-0.2, 0) is 5.75 Å². The first-order chi connectivity index (χ1) is 11.7. The van der Waals surface area contributed by atoms with Crippen molar-refractivity contribution in [2.24, 2.45) is 0 Å². The second-order valence-electron chi connectivity index (χ2n) is 4.96. The summed E-state index contributed by atoms with van der Waals surface area (Å²) in [5.41, 5.74) is 0.834. The fraction of sp³-hybridized carbons (Fsp3) is 0.333. The number of hydrogen-bond donors (Lipinski definition) is 1. The smallest absolute Gasteiger partial charge is 0.237 e. The molecule has 0 bridgehead atoms. The third-order valence-corrected chi connectivity index (χ3v) is 5.32. The van der Waals surface area contributed by atoms with E-state index in [0.29, 0.717) is 22.5 Å². The van der Waals surface area contributed by atoms with E-state index in [2.05, 4.69) is 32.6 Å². The molecule has 1 N–H and O–H groups in total. The van der Waals surface area contributed by atoms with E-state index in [-0.39, 0.29) is 0 Å². The van der Waals surface area contributed by atoms with E-state index >= 15 is 0 Å². The van der Waals surface area contributed by atoms with Crippen molar-refractivity contribution in [3.05, 3.63) is 35.2 Å². The van der Waals surface area contributed by atoms with Gasteiger partial charge in [-0.05, 0) is 18.6 Å². The first-order valence-electron chi connectivity index (χ1n) is 7.53. The largest absolute Gasteiger partial charge is 0.360 e. The molecule has 24 heavy (non-hydrogen) atoms. The van der Waals surface area contributed by atoms with E-state index in [1.165, 1.54) is 23.1 Å². The summed E-state index contributed by atoms with van der Waals surface area (Å²) in [5.74, 6) is 1.63. The van der Waals surface area contributed by atoms with Gasteiger partial charge in [-0.2, -0.15) is 4.98 Å². The van der Waals surface area contributed by atoms with Gasteiger partial charge in [-0.3, -0.25) is 0 Å². The van der Waals surface area contributed by atoms with Crippen molar-refractivity contribution < 1.29 is 4.52 Å². The molecule has 3 rings (SSSR count). The maximum absolute atomic E-state index is 5.98. The summed E-state index contributed by atoms with van der Waals surface area (Å²) in [6.07, 6.45) is 2.27. The molecule has 0 spiro atoms. The predicted octanol–water partition coefficient (Wildman–Crippen LogP) is 4.75. The molecule has 0 saturated heterocycles. The molecule has 3 aromatic rings. The predicted molar refractivity (Wildman–Crippen MR) is 97.6 cm³/mol. The van der Waals surface area contributed by atoms with Crippen LogP contribution < -0.4 is 5.32 Å². The number of benzene rings is 1. The average molecular weight is 382 g/mol. The zero-order valence-electron chi connectivity index (χ0n) is 13.0. The van der Waals surface area contributed by atoms with Gasteiger partial charge < -0.3 is 9.84 Å². The maximum Gasteiger partial charge on any atom is 0.237 e. The molecule has 0 aliphatic carbocycles. The van der Waals surface area contributed by atoms with Crippen LogP contribution in [0.3, 0.4) is 0 Å². The van der Waals surface area contributed by atoms with Crippen molar-refractivity contribution in [3.8, 4) is 11.4 Å². The number of anilines is 1. The minimum absolute atomic E-state index is 0.535. The standard InChI is InChI=1S/C15H16ClN5OS2/c1-2-3-7-17-14-19-20-15(24-14)23-9-12-18-13(21-22-12)10-5-4-6-11(16)8-10/h4-6,8H,2-3,7,9H2,1H3,(H,17,19). The van der Waals surface area contributed by atoms with Gasteiger partial charge in [-0.25, -0.2) is 0 Å². The molecular weight excluding hydrogens is 366 g/mol. The minimum Gasteiger partial charge on any atom is -0.360 e. The molecule has 0 radical (unpaired) electrons. The summed E-state index contributed by atoms with van der Waals surface area (Å²) in [6, 6.07) is 7.37. The molecule has 6 nitrogen and oxygen atoms in total. The van der Waals surface area contributed by atoms with Crippen molar-refractivity contribution in [1.82, 2.24) is 20.3 Å². The number of unbranched alkanes of at least 4 members (excludes halogenated alkanes) is 1. The van der Waals surface area contributed by atoms with Gasteiger partial charge in [0.15, 0.2) is 4.34 Å². The highest BCUT2D eigenvalue weighted by Gasteiger charge is 2.11. The highest BCUT2D eigenvalue weighted by molar-refractivity contribution is 8.00. The fourth-order valence-corrected chi connectivity index (χ4v) is 3.70. The molecular formula is C15H16ClN5OS2. The Hall–Kier alpha value is -1.64. The number of thioether (sulfide) groups is 1. The molecule has 0 aliphatic heterocycles. The first-order valence-corrected chi connectivity index (χ1v) is 9.71. The summed E-state index contributed by atoms with van der Waals surface area (Å²) >= 11 is 9.04. The molecule has 9 heteroatoms. The second-order valence-corrected chi connectivity index (χ2v) is 7.60. The molecule has 126 valence electrons. The van der Waals surface area contributed by atoms with E-state index in [4.69, 9.17) is 16.1 Å². The van der Waals surface area contributed by atoms with Crippen LogP contribution in [-0.4, -0.2) is 26.9 Å². The first kappa shape index (κ1) is 17.2. The van der Waals surface area contributed by atoms with Crippen LogP contribution >= 0.6 is 34.7 Å². The minimum atomic E-state index is 0.535. The highest BCUT2D eigenvalue weighted by Crippen LogP contribution is 2.28. The molecule has 0 fully saturated rings. The lowest BCUT2D eigenvalue weighted by molar-refractivity contribution is 0.391. The Balaban J connectivity index is 1.56. The Morgan fingerprint density at radius 3 is 3.08 bits per heavy atom. The number of nitrogens with zero attached hydrogens (tertiary/aromatic N) is 4. The topological polar surface area (TPSA) is 76.7 Å². The van der Waals surface area contributed by atoms with E-state index in [9.17, 15) is 0 Å². The molecule has 2 heterocycles. The van der Waals surface area contributed by atoms with Crippen LogP contribution in [0.1, 0.15) is 25.7 Å². The van der Waals surface area contributed by atoms with Gasteiger partial charge in [0.05, 0.1) is 5.75 Å². The van der Waals surface area contributed by atoms with Gasteiger partial charge in [0.1, 0.15) is 0 Å². The zero-order chi connectivity index (χ0) is 16.8. The Kier molecular flexibility index (Phi) is 6.06. The van der Waals surface area contributed by atoms with Gasteiger partial charge in [-0.15, -0.1) is 10.2 Å². The van der Waals surface area contributed by atoms with Crippen LogP contribution in [0.4, 0.5) is 5.13 Å². The number of hydrogen-bond acceptors (Lipinski definition) is 8. The number of rotatable bonds is 8. The van der Waals surface area contributed by atoms with Crippen LogP contribution in [0, 0.1) is 0 Å². The molecule has 0 unspecified atom stereocenters. The fourth-order valence-electron chi connectivity index (χ4n) is 1.89. The lowest BCUT2D eigenvalue weighted by Gasteiger charge is -1.97. The summed E-state index contributed by atoms with van der Waals surface area (Å²) < 4.78 is 6.15. The molecule has 0 aliphatic rings. The van der Waals surface area contributed by atoms with Crippen LogP contribution in [0.2, 0.25) is 5.02 Å². The molecule has 2 aromatic heterocycles. The van der Waals surface area contributed by atoms with Crippen molar-refractivity contribution in [2.75, 3.05) is 11.9 Å². The summed E-state index contributed by atoms with van der Waals surface area (Å²) in [6.45, 7) is 3.08. The second kappa shape index (κ2) is 8.46. The number of halogens is 1. The van der Waals surface area contributed by atoms with E-state index < -0.39 is 0 Å².